The molecule has 2 unspecified atom stereocenters. The van der Waals surface area contributed by atoms with Crippen LogP contribution in [0.25, 0.3) is 0 Å². The van der Waals surface area contributed by atoms with Crippen molar-refractivity contribution < 1.29 is 14.7 Å². The van der Waals surface area contributed by atoms with Gasteiger partial charge in [0.05, 0.1) is 25.0 Å². The number of carbonyl (C=O) groups is 2. The molecule has 4 nitrogen and oxygen atoms in total. The monoisotopic (exact) mass is 209 g/mol. The Morgan fingerprint density at radius 3 is 2.73 bits per heavy atom. The third-order valence-electron chi connectivity index (χ3n) is 3.24. The van der Waals surface area contributed by atoms with Gasteiger partial charge in [0, 0.05) is 0 Å². The van der Waals surface area contributed by atoms with Gasteiger partial charge in [-0.3, -0.25) is 14.5 Å². The maximum Gasteiger partial charge on any atom is 0.233 e. The number of likely N-dealkylation sites (tertiary alicyclic amines) is 1. The first kappa shape index (κ1) is 10.4. The van der Waals surface area contributed by atoms with Gasteiger partial charge >= 0.3 is 0 Å². The first-order chi connectivity index (χ1) is 7.15. The van der Waals surface area contributed by atoms with Crippen molar-refractivity contribution in [1.82, 2.24) is 4.90 Å². The van der Waals surface area contributed by atoms with Crippen LogP contribution in [-0.2, 0) is 9.59 Å². The molecule has 0 spiro atoms. The van der Waals surface area contributed by atoms with Gasteiger partial charge in [0.1, 0.15) is 0 Å². The van der Waals surface area contributed by atoms with Gasteiger partial charge in [-0.25, -0.2) is 0 Å². The molecule has 2 rings (SSSR count). The zero-order valence-electron chi connectivity index (χ0n) is 8.77. The summed E-state index contributed by atoms with van der Waals surface area (Å²) in [7, 11) is 0. The van der Waals surface area contributed by atoms with E-state index in [1.807, 2.05) is 13.0 Å². The molecule has 4 heteroatoms. The standard InChI is InChI=1S/C11H15NO3/c1-7-2-3-8-9(6-7)11(15)12(4-5-13)10(8)14/h2,8-9,13H,3-6H2,1H3. The van der Waals surface area contributed by atoms with Gasteiger partial charge in [-0.2, -0.15) is 0 Å². The van der Waals surface area contributed by atoms with Gasteiger partial charge in [0.15, 0.2) is 0 Å². The van der Waals surface area contributed by atoms with Crippen molar-refractivity contribution in [3.8, 4) is 0 Å². The predicted molar refractivity (Wildman–Crippen MR) is 53.8 cm³/mol. The molecule has 1 fully saturated rings. The fourth-order valence-corrected chi connectivity index (χ4v) is 2.43. The lowest BCUT2D eigenvalue weighted by molar-refractivity contribution is -0.140. The minimum atomic E-state index is -0.173. The Hall–Kier alpha value is -1.16. The maximum atomic E-state index is 11.9. The number of nitrogens with zero attached hydrogens (tertiary/aromatic N) is 1. The molecule has 0 aromatic rings. The van der Waals surface area contributed by atoms with E-state index in [-0.39, 0.29) is 36.8 Å². The van der Waals surface area contributed by atoms with Crippen LogP contribution in [0.2, 0.25) is 0 Å². The van der Waals surface area contributed by atoms with Crippen LogP contribution < -0.4 is 0 Å². The molecular formula is C11H15NO3. The van der Waals surface area contributed by atoms with E-state index in [1.165, 1.54) is 10.5 Å². The molecule has 2 aliphatic rings. The van der Waals surface area contributed by atoms with Crippen LogP contribution in [0.15, 0.2) is 11.6 Å². The topological polar surface area (TPSA) is 57.6 Å². The van der Waals surface area contributed by atoms with Gasteiger partial charge < -0.3 is 5.11 Å². The first-order valence-corrected chi connectivity index (χ1v) is 5.27. The quantitative estimate of drug-likeness (QED) is 0.526. The molecule has 0 bridgehead atoms. The molecule has 1 aliphatic carbocycles. The fraction of sp³-hybridized carbons (Fsp3) is 0.636. The molecule has 0 radical (unpaired) electrons. The highest BCUT2D eigenvalue weighted by atomic mass is 16.3. The van der Waals surface area contributed by atoms with Crippen molar-refractivity contribution in [3.63, 3.8) is 0 Å². The molecule has 0 aromatic heterocycles. The zero-order valence-corrected chi connectivity index (χ0v) is 8.77. The minimum Gasteiger partial charge on any atom is -0.395 e. The number of rotatable bonds is 2. The number of imide groups is 1. The lowest BCUT2D eigenvalue weighted by atomic mass is 9.82. The van der Waals surface area contributed by atoms with Crippen molar-refractivity contribution in [1.29, 1.82) is 0 Å². The van der Waals surface area contributed by atoms with Gasteiger partial charge in [-0.15, -0.1) is 0 Å². The molecule has 2 atom stereocenters. The molecule has 1 heterocycles. The van der Waals surface area contributed by atoms with Crippen molar-refractivity contribution in [2.45, 2.75) is 19.8 Å². The number of aliphatic hydroxyl groups excluding tert-OH is 1. The second kappa shape index (κ2) is 3.77. The summed E-state index contributed by atoms with van der Waals surface area (Å²) >= 11 is 0. The Balaban J connectivity index is 2.20. The Morgan fingerprint density at radius 2 is 2.07 bits per heavy atom. The van der Waals surface area contributed by atoms with E-state index >= 15 is 0 Å². The van der Waals surface area contributed by atoms with Crippen LogP contribution in [0.1, 0.15) is 19.8 Å². The normalized spacial score (nSPS) is 30.5. The molecular weight excluding hydrogens is 194 g/mol. The highest BCUT2D eigenvalue weighted by Gasteiger charge is 2.47. The largest absolute Gasteiger partial charge is 0.395 e. The SMILES string of the molecule is CC1=CCC2C(=O)N(CCO)C(=O)C2C1. The molecule has 15 heavy (non-hydrogen) atoms. The molecule has 1 N–H and O–H groups in total. The van der Waals surface area contributed by atoms with Crippen molar-refractivity contribution in [2.24, 2.45) is 11.8 Å². The average molecular weight is 209 g/mol. The fourth-order valence-electron chi connectivity index (χ4n) is 2.43. The van der Waals surface area contributed by atoms with E-state index in [0.717, 1.165) is 0 Å². The second-order valence-corrected chi connectivity index (χ2v) is 4.26. The van der Waals surface area contributed by atoms with Crippen LogP contribution in [0.5, 0.6) is 0 Å². The highest BCUT2D eigenvalue weighted by Crippen LogP contribution is 2.37. The Kier molecular flexibility index (Phi) is 2.61. The van der Waals surface area contributed by atoms with Crippen molar-refractivity contribution in [3.05, 3.63) is 11.6 Å². The van der Waals surface area contributed by atoms with E-state index in [1.54, 1.807) is 0 Å². The van der Waals surface area contributed by atoms with Crippen LogP contribution in [0.4, 0.5) is 0 Å². The van der Waals surface area contributed by atoms with Crippen molar-refractivity contribution >= 4 is 11.8 Å². The smallest absolute Gasteiger partial charge is 0.233 e. The summed E-state index contributed by atoms with van der Waals surface area (Å²) in [6, 6.07) is 0. The second-order valence-electron chi connectivity index (χ2n) is 4.26. The van der Waals surface area contributed by atoms with Gasteiger partial charge in [-0.05, 0) is 19.8 Å². The third kappa shape index (κ3) is 1.59. The zero-order chi connectivity index (χ0) is 11.0. The summed E-state index contributed by atoms with van der Waals surface area (Å²) < 4.78 is 0. The van der Waals surface area contributed by atoms with E-state index < -0.39 is 0 Å². The molecule has 82 valence electrons. The Bertz CT molecular complexity index is 335. The molecule has 1 saturated heterocycles. The van der Waals surface area contributed by atoms with Crippen LogP contribution in [-0.4, -0.2) is 35.0 Å². The number of carbonyl (C=O) groups excluding carboxylic acids is 2. The predicted octanol–water partition coefficient (Wildman–Crippen LogP) is 0.320. The van der Waals surface area contributed by atoms with Crippen LogP contribution >= 0.6 is 0 Å². The molecule has 1 aliphatic heterocycles. The van der Waals surface area contributed by atoms with Gasteiger partial charge in [-0.1, -0.05) is 11.6 Å². The molecule has 2 amide bonds. The molecule has 0 saturated carbocycles. The summed E-state index contributed by atoms with van der Waals surface area (Å²) in [6.07, 6.45) is 3.40. The lowest BCUT2D eigenvalue weighted by Gasteiger charge is -2.19. The Morgan fingerprint density at radius 1 is 1.40 bits per heavy atom. The number of hydrogen-bond acceptors (Lipinski definition) is 3. The minimum absolute atomic E-state index is 0.105. The van der Waals surface area contributed by atoms with Crippen LogP contribution in [0, 0.1) is 11.8 Å². The number of aliphatic hydroxyl groups is 1. The summed E-state index contributed by atoms with van der Waals surface area (Å²) in [4.78, 5) is 24.9. The maximum absolute atomic E-state index is 11.9. The number of hydrogen-bond donors (Lipinski definition) is 1. The van der Waals surface area contributed by atoms with Gasteiger partial charge in [0.25, 0.3) is 0 Å². The number of amides is 2. The third-order valence-corrected chi connectivity index (χ3v) is 3.24. The van der Waals surface area contributed by atoms with E-state index in [4.69, 9.17) is 5.11 Å². The van der Waals surface area contributed by atoms with Gasteiger partial charge in [0.2, 0.25) is 11.8 Å². The highest BCUT2D eigenvalue weighted by molar-refractivity contribution is 6.05. The lowest BCUT2D eigenvalue weighted by Crippen LogP contribution is -2.33. The molecule has 0 aromatic carbocycles. The average Bonchev–Trinajstić information content (AvgIpc) is 2.44. The summed E-state index contributed by atoms with van der Waals surface area (Å²) in [5.41, 5.74) is 1.18. The van der Waals surface area contributed by atoms with Crippen LogP contribution in [0.3, 0.4) is 0 Å². The summed E-state index contributed by atoms with van der Waals surface area (Å²) in [5, 5.41) is 8.79. The van der Waals surface area contributed by atoms with E-state index in [9.17, 15) is 9.59 Å². The number of β-amino-alcohol motifs (C(OH)–C–C–N with tert-alkyl or cyclic N) is 1. The van der Waals surface area contributed by atoms with Crippen molar-refractivity contribution in [2.75, 3.05) is 13.2 Å². The number of allylic oxidation sites excluding steroid dienone is 2. The Labute approximate surface area is 88.6 Å². The first-order valence-electron chi connectivity index (χ1n) is 5.27. The summed E-state index contributed by atoms with van der Waals surface area (Å²) in [5.74, 6) is -0.559. The van der Waals surface area contributed by atoms with E-state index in [2.05, 4.69) is 0 Å². The van der Waals surface area contributed by atoms with E-state index in [0.29, 0.717) is 12.8 Å². The number of fused-ring (bicyclic) bond motifs is 1. The summed E-state index contributed by atoms with van der Waals surface area (Å²) in [6.45, 7) is 1.98.